The van der Waals surface area contributed by atoms with Crippen molar-refractivity contribution in [2.75, 3.05) is 0 Å². The molecule has 0 unspecified atom stereocenters. The Kier molecular flexibility index (Phi) is 3.23. The molecule has 0 saturated carbocycles. The van der Waals surface area contributed by atoms with E-state index in [1.165, 1.54) is 12.1 Å². The van der Waals surface area contributed by atoms with Crippen molar-refractivity contribution in [2.45, 2.75) is 6.92 Å². The minimum atomic E-state index is -1.05. The molecule has 0 aliphatic carbocycles. The van der Waals surface area contributed by atoms with Gasteiger partial charge in [-0.05, 0) is 30.2 Å². The van der Waals surface area contributed by atoms with Crippen molar-refractivity contribution >= 4 is 17.5 Å². The SMILES string of the molecule is C/C(=C\C(=O)O)c1cccc(C(=O)O)c1. The molecule has 0 bridgehead atoms. The average molecular weight is 206 g/mol. The summed E-state index contributed by atoms with van der Waals surface area (Å²) in [6.45, 7) is 1.62. The summed E-state index contributed by atoms with van der Waals surface area (Å²) in [6, 6.07) is 6.15. The van der Waals surface area contributed by atoms with Gasteiger partial charge in [0.2, 0.25) is 0 Å². The summed E-state index contributed by atoms with van der Waals surface area (Å²) in [5, 5.41) is 17.3. The van der Waals surface area contributed by atoms with Crippen LogP contribution in [0.25, 0.3) is 5.57 Å². The fourth-order valence-corrected chi connectivity index (χ4v) is 1.17. The number of hydrogen-bond acceptors (Lipinski definition) is 2. The molecule has 2 N–H and O–H groups in total. The molecule has 0 radical (unpaired) electrons. The van der Waals surface area contributed by atoms with Crippen LogP contribution in [0.1, 0.15) is 22.8 Å². The van der Waals surface area contributed by atoms with Crippen LogP contribution in [-0.4, -0.2) is 22.2 Å². The van der Waals surface area contributed by atoms with Gasteiger partial charge in [0.25, 0.3) is 0 Å². The minimum absolute atomic E-state index is 0.144. The lowest BCUT2D eigenvalue weighted by Gasteiger charge is -2.01. The van der Waals surface area contributed by atoms with E-state index >= 15 is 0 Å². The molecule has 0 atom stereocenters. The van der Waals surface area contributed by atoms with Crippen molar-refractivity contribution < 1.29 is 19.8 Å². The van der Waals surface area contributed by atoms with Gasteiger partial charge in [0.15, 0.2) is 0 Å². The van der Waals surface area contributed by atoms with Crippen molar-refractivity contribution in [3.8, 4) is 0 Å². The van der Waals surface area contributed by atoms with Crippen LogP contribution in [-0.2, 0) is 4.79 Å². The fraction of sp³-hybridized carbons (Fsp3) is 0.0909. The second-order valence-electron chi connectivity index (χ2n) is 3.05. The van der Waals surface area contributed by atoms with E-state index in [9.17, 15) is 9.59 Å². The number of aliphatic carboxylic acids is 1. The van der Waals surface area contributed by atoms with E-state index in [1.807, 2.05) is 0 Å². The Bertz CT molecular complexity index is 432. The molecular formula is C11H10O4. The van der Waals surface area contributed by atoms with Crippen molar-refractivity contribution in [3.63, 3.8) is 0 Å². The van der Waals surface area contributed by atoms with E-state index in [4.69, 9.17) is 10.2 Å². The van der Waals surface area contributed by atoms with Gasteiger partial charge in [-0.2, -0.15) is 0 Å². The van der Waals surface area contributed by atoms with Gasteiger partial charge in [-0.25, -0.2) is 9.59 Å². The third-order valence-corrected chi connectivity index (χ3v) is 1.90. The predicted molar refractivity (Wildman–Crippen MR) is 54.7 cm³/mol. The number of hydrogen-bond donors (Lipinski definition) is 2. The molecule has 0 aliphatic rings. The average Bonchev–Trinajstić information content (AvgIpc) is 2.17. The fourth-order valence-electron chi connectivity index (χ4n) is 1.17. The highest BCUT2D eigenvalue weighted by atomic mass is 16.4. The number of carboxylic acids is 2. The third kappa shape index (κ3) is 2.95. The summed E-state index contributed by atoms with van der Waals surface area (Å²) in [5.41, 5.74) is 1.26. The highest BCUT2D eigenvalue weighted by Crippen LogP contribution is 2.15. The quantitative estimate of drug-likeness (QED) is 0.740. The van der Waals surface area contributed by atoms with Crippen LogP contribution in [0.15, 0.2) is 30.3 Å². The Morgan fingerprint density at radius 2 is 1.80 bits per heavy atom. The number of aromatic carboxylic acids is 1. The second kappa shape index (κ2) is 4.41. The zero-order valence-electron chi connectivity index (χ0n) is 8.10. The van der Waals surface area contributed by atoms with Crippen LogP contribution in [0.4, 0.5) is 0 Å². The number of benzene rings is 1. The van der Waals surface area contributed by atoms with E-state index in [0.29, 0.717) is 11.1 Å². The zero-order chi connectivity index (χ0) is 11.4. The first-order valence-electron chi connectivity index (χ1n) is 4.25. The van der Waals surface area contributed by atoms with Gasteiger partial charge >= 0.3 is 11.9 Å². The molecule has 0 fully saturated rings. The first-order valence-corrected chi connectivity index (χ1v) is 4.25. The lowest BCUT2D eigenvalue weighted by molar-refractivity contribution is -0.131. The van der Waals surface area contributed by atoms with E-state index in [-0.39, 0.29) is 5.56 Å². The number of carboxylic acid groups (broad SMARTS) is 2. The molecule has 0 saturated heterocycles. The highest BCUT2D eigenvalue weighted by molar-refractivity contribution is 5.92. The Morgan fingerprint density at radius 3 is 2.33 bits per heavy atom. The van der Waals surface area contributed by atoms with Crippen LogP contribution < -0.4 is 0 Å². The first-order chi connectivity index (χ1) is 7.00. The summed E-state index contributed by atoms with van der Waals surface area (Å²) in [5.74, 6) is -2.08. The molecule has 0 aromatic heterocycles. The Labute approximate surface area is 86.5 Å². The lowest BCUT2D eigenvalue weighted by atomic mass is 10.0. The van der Waals surface area contributed by atoms with Crippen molar-refractivity contribution in [3.05, 3.63) is 41.5 Å². The maximum Gasteiger partial charge on any atom is 0.335 e. The molecule has 4 heteroatoms. The van der Waals surface area contributed by atoms with Gasteiger partial charge < -0.3 is 10.2 Å². The van der Waals surface area contributed by atoms with Gasteiger partial charge in [-0.15, -0.1) is 0 Å². The zero-order valence-corrected chi connectivity index (χ0v) is 8.10. The summed E-state index contributed by atoms with van der Waals surface area (Å²) >= 11 is 0. The van der Waals surface area contributed by atoms with E-state index in [1.54, 1.807) is 19.1 Å². The molecule has 1 rings (SSSR count). The Balaban J connectivity index is 3.11. The summed E-state index contributed by atoms with van der Waals surface area (Å²) in [7, 11) is 0. The number of rotatable bonds is 3. The van der Waals surface area contributed by atoms with Crippen LogP contribution in [0, 0.1) is 0 Å². The molecule has 15 heavy (non-hydrogen) atoms. The first kappa shape index (κ1) is 11.0. The van der Waals surface area contributed by atoms with Crippen LogP contribution in [0.3, 0.4) is 0 Å². The van der Waals surface area contributed by atoms with Gasteiger partial charge in [0.1, 0.15) is 0 Å². The molecule has 0 aliphatic heterocycles. The Hall–Kier alpha value is -2.10. The molecule has 78 valence electrons. The maximum absolute atomic E-state index is 10.7. The maximum atomic E-state index is 10.7. The standard InChI is InChI=1S/C11H10O4/c1-7(5-10(12)13)8-3-2-4-9(6-8)11(14)15/h2-6H,1H3,(H,12,13)(H,14,15)/b7-5+. The number of allylic oxidation sites excluding steroid dienone is 1. The molecule has 0 amide bonds. The van der Waals surface area contributed by atoms with Gasteiger partial charge in [0.05, 0.1) is 5.56 Å². The Morgan fingerprint density at radius 1 is 1.20 bits per heavy atom. The summed E-state index contributed by atoms with van der Waals surface area (Å²) < 4.78 is 0. The molecular weight excluding hydrogens is 196 g/mol. The van der Waals surface area contributed by atoms with Crippen molar-refractivity contribution in [2.24, 2.45) is 0 Å². The largest absolute Gasteiger partial charge is 0.478 e. The van der Waals surface area contributed by atoms with Crippen LogP contribution >= 0.6 is 0 Å². The third-order valence-electron chi connectivity index (χ3n) is 1.90. The normalized spacial score (nSPS) is 11.1. The monoisotopic (exact) mass is 206 g/mol. The number of carbonyl (C=O) groups is 2. The van der Waals surface area contributed by atoms with Gasteiger partial charge in [0, 0.05) is 6.08 Å². The predicted octanol–water partition coefficient (Wildman–Crippen LogP) is 1.87. The van der Waals surface area contributed by atoms with Gasteiger partial charge in [-0.3, -0.25) is 0 Å². The molecule has 0 spiro atoms. The highest BCUT2D eigenvalue weighted by Gasteiger charge is 2.04. The van der Waals surface area contributed by atoms with E-state index in [2.05, 4.69) is 0 Å². The van der Waals surface area contributed by atoms with Crippen molar-refractivity contribution in [1.82, 2.24) is 0 Å². The smallest absolute Gasteiger partial charge is 0.335 e. The topological polar surface area (TPSA) is 74.6 Å². The molecule has 1 aromatic carbocycles. The molecule has 4 nitrogen and oxygen atoms in total. The lowest BCUT2D eigenvalue weighted by Crippen LogP contribution is -1.97. The van der Waals surface area contributed by atoms with E-state index in [0.717, 1.165) is 6.08 Å². The minimum Gasteiger partial charge on any atom is -0.478 e. The second-order valence-corrected chi connectivity index (χ2v) is 3.05. The summed E-state index contributed by atoms with van der Waals surface area (Å²) in [6.07, 6.45) is 1.04. The summed E-state index contributed by atoms with van der Waals surface area (Å²) in [4.78, 5) is 21.1. The molecule has 0 heterocycles. The van der Waals surface area contributed by atoms with E-state index < -0.39 is 11.9 Å². The molecule has 1 aromatic rings. The van der Waals surface area contributed by atoms with Crippen LogP contribution in [0.5, 0.6) is 0 Å². The van der Waals surface area contributed by atoms with Crippen molar-refractivity contribution in [1.29, 1.82) is 0 Å². The van der Waals surface area contributed by atoms with Crippen LogP contribution in [0.2, 0.25) is 0 Å². The van der Waals surface area contributed by atoms with Gasteiger partial charge in [-0.1, -0.05) is 12.1 Å².